The number of anilines is 1. The highest BCUT2D eigenvalue weighted by atomic mass is 16.1. The van der Waals surface area contributed by atoms with Crippen molar-refractivity contribution in [2.45, 2.75) is 13.3 Å². The first-order valence-electron chi connectivity index (χ1n) is 6.35. The molecule has 1 aliphatic carbocycles. The summed E-state index contributed by atoms with van der Waals surface area (Å²) in [5, 5.41) is 3.38. The maximum atomic E-state index is 12.0. The number of hydrogen-bond acceptors (Lipinski definition) is 3. The van der Waals surface area contributed by atoms with Crippen LogP contribution in [0.3, 0.4) is 0 Å². The Hall–Kier alpha value is -2.42. The number of hydrogen-bond donors (Lipinski definition) is 1. The van der Waals surface area contributed by atoms with Crippen LogP contribution in [0.2, 0.25) is 0 Å². The number of aryl methyl sites for hydroxylation is 1. The molecule has 4 rings (SSSR count). The van der Waals surface area contributed by atoms with E-state index in [0.29, 0.717) is 5.57 Å². The molecule has 0 radical (unpaired) electrons. The minimum atomic E-state index is 0.0369. The van der Waals surface area contributed by atoms with Gasteiger partial charge in [-0.2, -0.15) is 0 Å². The van der Waals surface area contributed by atoms with Crippen molar-refractivity contribution in [1.29, 1.82) is 0 Å². The highest BCUT2D eigenvalue weighted by Gasteiger charge is 2.32. The maximum absolute atomic E-state index is 12.0. The van der Waals surface area contributed by atoms with Crippen LogP contribution in [0.25, 0.3) is 0 Å². The largest absolute Gasteiger partial charge is 0.353 e. The van der Waals surface area contributed by atoms with Crippen LogP contribution in [0, 0.1) is 6.92 Å². The first-order chi connectivity index (χ1) is 9.24. The molecule has 0 atom stereocenters. The number of ketones is 1. The number of fused-ring (bicyclic) bond motifs is 3. The minimum Gasteiger partial charge on any atom is -0.353 e. The van der Waals surface area contributed by atoms with Crippen LogP contribution in [0.4, 0.5) is 5.69 Å². The topological polar surface area (TPSA) is 41.5 Å². The molecule has 1 aromatic rings. The molecule has 2 heterocycles. The first kappa shape index (κ1) is 10.5. The Balaban J connectivity index is 1.92. The van der Waals surface area contributed by atoms with E-state index in [1.807, 2.05) is 12.1 Å². The van der Waals surface area contributed by atoms with Crippen molar-refractivity contribution in [3.63, 3.8) is 0 Å². The molecule has 19 heavy (non-hydrogen) atoms. The Morgan fingerprint density at radius 2 is 2.21 bits per heavy atom. The van der Waals surface area contributed by atoms with E-state index < -0.39 is 0 Å². The van der Waals surface area contributed by atoms with Crippen LogP contribution in [0.15, 0.2) is 58.4 Å². The summed E-state index contributed by atoms with van der Waals surface area (Å²) in [5.74, 6) is 0.0369. The lowest BCUT2D eigenvalue weighted by Gasteiger charge is -2.22. The summed E-state index contributed by atoms with van der Waals surface area (Å²) >= 11 is 0. The molecule has 3 nitrogen and oxygen atoms in total. The molecular weight excluding hydrogens is 236 g/mol. The number of carbonyl (C=O) groups excluding carboxylic acids is 1. The van der Waals surface area contributed by atoms with Gasteiger partial charge >= 0.3 is 0 Å². The maximum Gasteiger partial charge on any atom is 0.190 e. The predicted octanol–water partition coefficient (Wildman–Crippen LogP) is 2.69. The van der Waals surface area contributed by atoms with Gasteiger partial charge in [0.1, 0.15) is 0 Å². The lowest BCUT2D eigenvalue weighted by Crippen LogP contribution is -2.22. The van der Waals surface area contributed by atoms with Gasteiger partial charge in [-0.3, -0.25) is 9.79 Å². The Kier molecular flexibility index (Phi) is 1.96. The van der Waals surface area contributed by atoms with Gasteiger partial charge in [0.25, 0.3) is 0 Å². The summed E-state index contributed by atoms with van der Waals surface area (Å²) < 4.78 is 0. The van der Waals surface area contributed by atoms with E-state index in [1.165, 1.54) is 11.1 Å². The SMILES string of the molecule is Cc1cccc2c1CC1=NC3=CC=CC(=O)C3=C1N2. The van der Waals surface area contributed by atoms with Crippen LogP contribution >= 0.6 is 0 Å². The highest BCUT2D eigenvalue weighted by Crippen LogP contribution is 2.36. The van der Waals surface area contributed by atoms with E-state index in [9.17, 15) is 4.79 Å². The number of rotatable bonds is 0. The molecule has 0 saturated carbocycles. The second-order valence-corrected chi connectivity index (χ2v) is 4.99. The molecule has 0 unspecified atom stereocenters. The molecule has 1 aromatic carbocycles. The molecule has 1 N–H and O–H groups in total. The van der Waals surface area contributed by atoms with Crippen LogP contribution in [0.5, 0.6) is 0 Å². The van der Waals surface area contributed by atoms with Gasteiger partial charge in [0.15, 0.2) is 5.78 Å². The molecule has 0 aromatic heterocycles. The first-order valence-corrected chi connectivity index (χ1v) is 6.35. The Morgan fingerprint density at radius 1 is 1.32 bits per heavy atom. The summed E-state index contributed by atoms with van der Waals surface area (Å²) in [6.07, 6.45) is 6.05. The monoisotopic (exact) mass is 248 g/mol. The lowest BCUT2D eigenvalue weighted by molar-refractivity contribution is -0.111. The quantitative estimate of drug-likeness (QED) is 0.767. The zero-order chi connectivity index (χ0) is 13.0. The second kappa shape index (κ2) is 3.54. The van der Waals surface area contributed by atoms with Gasteiger partial charge < -0.3 is 5.32 Å². The lowest BCUT2D eigenvalue weighted by atomic mass is 9.93. The normalized spacial score (nSPS) is 19.3. The average Bonchev–Trinajstić information content (AvgIpc) is 2.76. The van der Waals surface area contributed by atoms with Crippen LogP contribution in [-0.4, -0.2) is 11.5 Å². The molecule has 0 fully saturated rings. The zero-order valence-electron chi connectivity index (χ0n) is 10.5. The second-order valence-electron chi connectivity index (χ2n) is 4.99. The number of carbonyl (C=O) groups is 1. The van der Waals surface area contributed by atoms with E-state index in [-0.39, 0.29) is 5.78 Å². The fraction of sp³-hybridized carbons (Fsp3) is 0.125. The number of aliphatic imine (C=N–C) groups is 1. The van der Waals surface area contributed by atoms with E-state index in [4.69, 9.17) is 0 Å². The molecule has 92 valence electrons. The minimum absolute atomic E-state index is 0.0369. The summed E-state index contributed by atoms with van der Waals surface area (Å²) in [7, 11) is 0. The molecule has 0 amide bonds. The van der Waals surface area contributed by atoms with Gasteiger partial charge in [-0.1, -0.05) is 18.2 Å². The summed E-state index contributed by atoms with van der Waals surface area (Å²) in [6, 6.07) is 6.19. The van der Waals surface area contributed by atoms with E-state index in [2.05, 4.69) is 29.4 Å². The third-order valence-corrected chi connectivity index (χ3v) is 3.81. The Labute approximate surface area is 111 Å². The van der Waals surface area contributed by atoms with Crippen molar-refractivity contribution < 1.29 is 4.79 Å². The summed E-state index contributed by atoms with van der Waals surface area (Å²) in [5.41, 5.74) is 6.97. The smallest absolute Gasteiger partial charge is 0.190 e. The van der Waals surface area contributed by atoms with Gasteiger partial charge in [-0.05, 0) is 36.3 Å². The van der Waals surface area contributed by atoms with Crippen molar-refractivity contribution in [3.8, 4) is 0 Å². The fourth-order valence-corrected chi connectivity index (χ4v) is 2.83. The highest BCUT2D eigenvalue weighted by molar-refractivity contribution is 6.21. The van der Waals surface area contributed by atoms with Crippen molar-refractivity contribution in [2.75, 3.05) is 5.32 Å². The fourth-order valence-electron chi connectivity index (χ4n) is 2.83. The summed E-state index contributed by atoms with van der Waals surface area (Å²) in [4.78, 5) is 16.6. The van der Waals surface area contributed by atoms with Crippen molar-refractivity contribution in [2.24, 2.45) is 4.99 Å². The third kappa shape index (κ3) is 1.38. The molecule has 2 aliphatic heterocycles. The number of nitrogens with zero attached hydrogens (tertiary/aromatic N) is 1. The molecule has 3 heteroatoms. The van der Waals surface area contributed by atoms with Crippen molar-refractivity contribution in [1.82, 2.24) is 0 Å². The zero-order valence-corrected chi connectivity index (χ0v) is 10.5. The standard InChI is InChI=1S/C16H12N2O/c1-9-4-2-5-11-10(9)8-13-16(18-11)15-12(17-13)6-3-7-14(15)19/h2-7,18H,8H2,1H3. The Morgan fingerprint density at radius 3 is 3.11 bits per heavy atom. The summed E-state index contributed by atoms with van der Waals surface area (Å²) in [6.45, 7) is 2.10. The number of allylic oxidation sites excluding steroid dienone is 5. The predicted molar refractivity (Wildman–Crippen MR) is 75.2 cm³/mol. The van der Waals surface area contributed by atoms with Crippen molar-refractivity contribution in [3.05, 3.63) is 64.5 Å². The molecule has 0 bridgehead atoms. The third-order valence-electron chi connectivity index (χ3n) is 3.81. The van der Waals surface area contributed by atoms with Gasteiger partial charge in [-0.15, -0.1) is 0 Å². The van der Waals surface area contributed by atoms with Crippen molar-refractivity contribution >= 4 is 17.2 Å². The van der Waals surface area contributed by atoms with E-state index >= 15 is 0 Å². The molecule has 3 aliphatic rings. The van der Waals surface area contributed by atoms with E-state index in [0.717, 1.165) is 29.2 Å². The van der Waals surface area contributed by atoms with Crippen LogP contribution in [0.1, 0.15) is 11.1 Å². The van der Waals surface area contributed by atoms with Gasteiger partial charge in [0, 0.05) is 12.1 Å². The van der Waals surface area contributed by atoms with Crippen LogP contribution < -0.4 is 5.32 Å². The molecule has 0 spiro atoms. The molecular formula is C16H12N2O. The Bertz CT molecular complexity index is 748. The van der Waals surface area contributed by atoms with Gasteiger partial charge in [-0.25, -0.2) is 0 Å². The van der Waals surface area contributed by atoms with Crippen LogP contribution in [-0.2, 0) is 11.2 Å². The van der Waals surface area contributed by atoms with E-state index in [1.54, 1.807) is 12.2 Å². The average molecular weight is 248 g/mol. The number of nitrogens with one attached hydrogen (secondary N) is 1. The van der Waals surface area contributed by atoms with Gasteiger partial charge in [0.2, 0.25) is 0 Å². The molecule has 0 saturated heterocycles. The number of benzene rings is 1. The van der Waals surface area contributed by atoms with Gasteiger partial charge in [0.05, 0.1) is 22.7 Å².